The molecule has 0 aliphatic carbocycles. The molecule has 0 N–H and O–H groups in total. The number of nitrogens with zero attached hydrogens (tertiary/aromatic N) is 3. The molecule has 2 heterocycles. The van der Waals surface area contributed by atoms with E-state index >= 15 is 0 Å². The van der Waals surface area contributed by atoms with Gasteiger partial charge in [0.15, 0.2) is 0 Å². The number of carbonyl (C=O) groups is 2. The quantitative estimate of drug-likeness (QED) is 0.239. The van der Waals surface area contributed by atoms with Crippen LogP contribution >= 0.6 is 11.8 Å². The minimum absolute atomic E-state index is 0.0517. The number of benzene rings is 3. The predicted molar refractivity (Wildman–Crippen MR) is 149 cm³/mol. The van der Waals surface area contributed by atoms with Crippen LogP contribution in [0.1, 0.15) is 33.6 Å². The zero-order valence-electron chi connectivity index (χ0n) is 21.3. The summed E-state index contributed by atoms with van der Waals surface area (Å²) >= 11 is 0.899. The van der Waals surface area contributed by atoms with Gasteiger partial charge in [0.2, 0.25) is 0 Å². The Hall–Kier alpha value is -4.61. The van der Waals surface area contributed by atoms with Crippen molar-refractivity contribution in [2.45, 2.75) is 27.0 Å². The van der Waals surface area contributed by atoms with Crippen molar-refractivity contribution in [2.24, 2.45) is 0 Å². The van der Waals surface area contributed by atoms with Crippen LogP contribution in [0.15, 0.2) is 83.8 Å². The van der Waals surface area contributed by atoms with Crippen molar-refractivity contribution >= 4 is 29.0 Å². The third-order valence-corrected chi connectivity index (χ3v) is 7.45. The van der Waals surface area contributed by atoms with Crippen molar-refractivity contribution in [3.63, 3.8) is 0 Å². The molecule has 194 valence electrons. The first-order valence-corrected chi connectivity index (χ1v) is 13.1. The van der Waals surface area contributed by atoms with Gasteiger partial charge in [0.05, 0.1) is 23.1 Å². The number of aromatic nitrogens is 1. The van der Waals surface area contributed by atoms with E-state index in [4.69, 9.17) is 4.74 Å². The fourth-order valence-corrected chi connectivity index (χ4v) is 5.34. The van der Waals surface area contributed by atoms with E-state index in [9.17, 15) is 19.2 Å². The van der Waals surface area contributed by atoms with Gasteiger partial charge in [0.1, 0.15) is 18.2 Å². The highest BCUT2D eigenvalue weighted by Crippen LogP contribution is 2.35. The number of halogens is 1. The van der Waals surface area contributed by atoms with Crippen LogP contribution in [0.4, 0.5) is 9.18 Å². The summed E-state index contributed by atoms with van der Waals surface area (Å²) in [6.45, 7) is 4.11. The second-order valence-corrected chi connectivity index (χ2v) is 10.1. The van der Waals surface area contributed by atoms with Crippen molar-refractivity contribution in [1.29, 1.82) is 5.26 Å². The highest BCUT2D eigenvalue weighted by Gasteiger charge is 2.35. The number of amides is 2. The molecule has 0 unspecified atom stereocenters. The molecule has 2 amide bonds. The van der Waals surface area contributed by atoms with E-state index in [1.54, 1.807) is 48.5 Å². The highest BCUT2D eigenvalue weighted by molar-refractivity contribution is 8.18. The molecule has 1 saturated heterocycles. The van der Waals surface area contributed by atoms with E-state index in [2.05, 4.69) is 10.6 Å². The smallest absolute Gasteiger partial charge is 0.293 e. The first-order valence-electron chi connectivity index (χ1n) is 12.2. The Morgan fingerprint density at radius 2 is 1.67 bits per heavy atom. The molecule has 6 nitrogen and oxygen atoms in total. The number of carbonyl (C=O) groups excluding carboxylic acids is 2. The average Bonchev–Trinajstić information content (AvgIpc) is 3.37. The van der Waals surface area contributed by atoms with Crippen LogP contribution in [0, 0.1) is 31.0 Å². The Morgan fingerprint density at radius 3 is 2.38 bits per heavy atom. The molecular formula is C31H24FN3O3S. The van der Waals surface area contributed by atoms with Gasteiger partial charge in [-0.3, -0.25) is 14.5 Å². The monoisotopic (exact) mass is 537 g/mol. The average molecular weight is 538 g/mol. The Labute approximate surface area is 229 Å². The molecule has 1 aliphatic heterocycles. The minimum Gasteiger partial charge on any atom is -0.489 e. The van der Waals surface area contributed by atoms with Crippen molar-refractivity contribution in [3.8, 4) is 17.5 Å². The van der Waals surface area contributed by atoms with E-state index in [-0.39, 0.29) is 30.1 Å². The molecule has 1 aromatic heterocycles. The summed E-state index contributed by atoms with van der Waals surface area (Å²) in [6.07, 6.45) is 1.74. The van der Waals surface area contributed by atoms with E-state index in [1.165, 1.54) is 11.0 Å². The maximum atomic E-state index is 13.9. The van der Waals surface area contributed by atoms with E-state index in [1.807, 2.05) is 44.2 Å². The third kappa shape index (κ3) is 5.35. The zero-order valence-corrected chi connectivity index (χ0v) is 22.2. The molecule has 0 atom stereocenters. The van der Waals surface area contributed by atoms with Gasteiger partial charge in [-0.1, -0.05) is 36.4 Å². The number of nitriles is 1. The van der Waals surface area contributed by atoms with Crippen molar-refractivity contribution in [1.82, 2.24) is 9.47 Å². The van der Waals surface area contributed by atoms with Gasteiger partial charge in [-0.15, -0.1) is 0 Å². The molecule has 0 saturated carbocycles. The number of thioether (sulfide) groups is 1. The molecule has 0 bridgehead atoms. The summed E-state index contributed by atoms with van der Waals surface area (Å²) in [5.41, 5.74) is 5.16. The van der Waals surface area contributed by atoms with Gasteiger partial charge in [0.25, 0.3) is 11.1 Å². The molecule has 1 fully saturated rings. The second kappa shape index (κ2) is 11.0. The first-order chi connectivity index (χ1) is 18.9. The molecule has 39 heavy (non-hydrogen) atoms. The van der Waals surface area contributed by atoms with Crippen molar-refractivity contribution < 1.29 is 18.7 Å². The fraction of sp³-hybridized carbons (Fsp3) is 0.129. The number of ether oxygens (including phenoxy) is 1. The van der Waals surface area contributed by atoms with Gasteiger partial charge in [-0.2, -0.15) is 5.26 Å². The normalized spacial score (nSPS) is 14.2. The van der Waals surface area contributed by atoms with Crippen molar-refractivity contribution in [2.75, 3.05) is 0 Å². The number of rotatable bonds is 7. The molecule has 1 aliphatic rings. The Morgan fingerprint density at radius 1 is 0.974 bits per heavy atom. The Balaban J connectivity index is 1.33. The molecule has 3 aromatic carbocycles. The molecule has 5 rings (SSSR count). The highest BCUT2D eigenvalue weighted by atomic mass is 32.2. The summed E-state index contributed by atoms with van der Waals surface area (Å²) in [5, 5.41) is 8.98. The third-order valence-electron chi connectivity index (χ3n) is 6.54. The standard InChI is InChI=1S/C31H24FN3O3S/c1-20-15-25(16-29-30(36)34(31(37)39-29)18-23-8-4-3-7-22(23)17-33)21(2)35(20)26-11-13-27(14-12-26)38-19-24-9-5-6-10-28(24)32/h3-16H,18-19H2,1-2H3/b29-16+. The van der Waals surface area contributed by atoms with Gasteiger partial charge < -0.3 is 9.30 Å². The summed E-state index contributed by atoms with van der Waals surface area (Å²) in [6, 6.07) is 25.0. The van der Waals surface area contributed by atoms with E-state index in [0.717, 1.165) is 34.4 Å². The van der Waals surface area contributed by atoms with Gasteiger partial charge in [0, 0.05) is 22.6 Å². The van der Waals surface area contributed by atoms with Crippen LogP contribution in [-0.4, -0.2) is 20.6 Å². The summed E-state index contributed by atoms with van der Waals surface area (Å²) in [5.74, 6) is -0.0553. The topological polar surface area (TPSA) is 75.3 Å². The van der Waals surface area contributed by atoms with Crippen LogP contribution in [0.5, 0.6) is 5.75 Å². The SMILES string of the molecule is Cc1cc(/C=C2/SC(=O)N(Cc3ccccc3C#N)C2=O)c(C)n1-c1ccc(OCc2ccccc2F)cc1. The lowest BCUT2D eigenvalue weighted by Crippen LogP contribution is -2.27. The van der Waals surface area contributed by atoms with E-state index in [0.29, 0.717) is 27.3 Å². The summed E-state index contributed by atoms with van der Waals surface area (Å²) in [4.78, 5) is 27.3. The van der Waals surface area contributed by atoms with Crippen LogP contribution in [0.25, 0.3) is 11.8 Å². The van der Waals surface area contributed by atoms with Crippen LogP contribution in [0.3, 0.4) is 0 Å². The lowest BCUT2D eigenvalue weighted by molar-refractivity contribution is -0.123. The molecule has 4 aromatic rings. The van der Waals surface area contributed by atoms with Crippen molar-refractivity contribution in [3.05, 3.63) is 123 Å². The van der Waals surface area contributed by atoms with Gasteiger partial charge >= 0.3 is 0 Å². The minimum atomic E-state index is -0.376. The van der Waals surface area contributed by atoms with E-state index < -0.39 is 0 Å². The zero-order chi connectivity index (χ0) is 27.5. The second-order valence-electron chi connectivity index (χ2n) is 9.07. The Kier molecular flexibility index (Phi) is 7.35. The van der Waals surface area contributed by atoms with Gasteiger partial charge in [-0.05, 0) is 85.3 Å². The maximum Gasteiger partial charge on any atom is 0.293 e. The number of aryl methyl sites for hydroxylation is 1. The fourth-order valence-electron chi connectivity index (χ4n) is 4.51. The molecule has 8 heteroatoms. The number of hydrogen-bond donors (Lipinski definition) is 0. The largest absolute Gasteiger partial charge is 0.489 e. The first kappa shape index (κ1) is 26.0. The molecular weight excluding hydrogens is 513 g/mol. The lowest BCUT2D eigenvalue weighted by atomic mass is 10.1. The predicted octanol–water partition coefficient (Wildman–Crippen LogP) is 6.92. The Bertz CT molecular complexity index is 1650. The molecule has 0 radical (unpaired) electrons. The lowest BCUT2D eigenvalue weighted by Gasteiger charge is -2.13. The van der Waals surface area contributed by atoms with Crippen LogP contribution in [0.2, 0.25) is 0 Å². The van der Waals surface area contributed by atoms with Crippen LogP contribution in [-0.2, 0) is 17.9 Å². The number of imide groups is 1. The summed E-state index contributed by atoms with van der Waals surface area (Å²) in [7, 11) is 0. The molecule has 0 spiro atoms. The van der Waals surface area contributed by atoms with Gasteiger partial charge in [-0.25, -0.2) is 4.39 Å². The summed E-state index contributed by atoms with van der Waals surface area (Å²) < 4.78 is 21.7. The number of hydrogen-bond acceptors (Lipinski definition) is 5. The maximum absolute atomic E-state index is 13.9. The van der Waals surface area contributed by atoms with Crippen LogP contribution < -0.4 is 4.74 Å².